The fraction of sp³-hybridized carbons (Fsp3) is 0.227. The van der Waals surface area contributed by atoms with Crippen LogP contribution in [0.2, 0.25) is 0 Å². The van der Waals surface area contributed by atoms with Crippen molar-refractivity contribution in [2.45, 2.75) is 26.4 Å². The molecule has 144 valence electrons. The Morgan fingerprint density at radius 1 is 1.18 bits per heavy atom. The number of likely N-dealkylation sites (N-methyl/N-ethyl adjacent to an activating group) is 1. The lowest BCUT2D eigenvalue weighted by Crippen LogP contribution is -2.35. The maximum absolute atomic E-state index is 13.1. The van der Waals surface area contributed by atoms with Gasteiger partial charge in [0.2, 0.25) is 11.8 Å². The van der Waals surface area contributed by atoms with Crippen LogP contribution in [-0.4, -0.2) is 27.9 Å². The van der Waals surface area contributed by atoms with Gasteiger partial charge in [-0.3, -0.25) is 9.59 Å². The minimum Gasteiger partial charge on any atom is -0.343 e. The molecule has 0 aliphatic heterocycles. The van der Waals surface area contributed by atoms with Crippen LogP contribution in [0, 0.1) is 0 Å². The van der Waals surface area contributed by atoms with Crippen LogP contribution in [0.1, 0.15) is 25.7 Å². The highest BCUT2D eigenvalue weighted by atomic mass is 16.2. The molecule has 0 saturated carbocycles. The summed E-state index contributed by atoms with van der Waals surface area (Å²) in [5, 5.41) is 2.83. The first kappa shape index (κ1) is 19.4. The Bertz CT molecular complexity index is 994. The molecule has 1 unspecified atom stereocenters. The van der Waals surface area contributed by atoms with Crippen molar-refractivity contribution in [3.05, 3.63) is 73.1 Å². The number of para-hydroxylation sites is 3. The third kappa shape index (κ3) is 3.96. The van der Waals surface area contributed by atoms with Crippen LogP contribution in [0.4, 0.5) is 5.69 Å². The van der Waals surface area contributed by atoms with E-state index < -0.39 is 0 Å². The molecule has 28 heavy (non-hydrogen) atoms. The molecule has 3 aromatic rings. The van der Waals surface area contributed by atoms with Crippen molar-refractivity contribution in [3.63, 3.8) is 0 Å². The number of nitrogens with zero attached hydrogens (tertiary/aromatic N) is 3. The Morgan fingerprint density at radius 3 is 2.54 bits per heavy atom. The average Bonchev–Trinajstić information content (AvgIpc) is 3.08. The minimum atomic E-state index is -0.363. The van der Waals surface area contributed by atoms with Gasteiger partial charge in [0.1, 0.15) is 12.4 Å². The van der Waals surface area contributed by atoms with Crippen molar-refractivity contribution in [2.75, 3.05) is 11.4 Å². The normalized spacial score (nSPS) is 11.8. The molecular formula is C22H24N4O2. The van der Waals surface area contributed by atoms with Gasteiger partial charge < -0.3 is 14.8 Å². The summed E-state index contributed by atoms with van der Waals surface area (Å²) in [6, 6.07) is 16.9. The molecule has 0 aliphatic carbocycles. The van der Waals surface area contributed by atoms with Gasteiger partial charge in [-0.25, -0.2) is 4.98 Å². The predicted molar refractivity (Wildman–Crippen MR) is 111 cm³/mol. The number of benzene rings is 2. The Labute approximate surface area is 164 Å². The van der Waals surface area contributed by atoms with Crippen LogP contribution >= 0.6 is 0 Å². The molecule has 0 aliphatic rings. The monoisotopic (exact) mass is 376 g/mol. The first-order valence-electron chi connectivity index (χ1n) is 9.28. The number of rotatable bonds is 7. The zero-order valence-corrected chi connectivity index (χ0v) is 16.1. The van der Waals surface area contributed by atoms with Crippen molar-refractivity contribution in [2.24, 2.45) is 0 Å². The molecule has 2 aromatic carbocycles. The Kier molecular flexibility index (Phi) is 5.89. The number of fused-ring (bicyclic) bond motifs is 1. The lowest BCUT2D eigenvalue weighted by molar-refractivity contribution is -0.119. The number of amides is 2. The molecule has 2 amide bonds. The van der Waals surface area contributed by atoms with E-state index in [-0.39, 0.29) is 24.4 Å². The number of carbonyl (C=O) groups excluding carboxylic acids is 2. The molecule has 0 fully saturated rings. The van der Waals surface area contributed by atoms with Gasteiger partial charge >= 0.3 is 0 Å². The number of carbonyl (C=O) groups is 2. The number of imidazole rings is 1. The summed E-state index contributed by atoms with van der Waals surface area (Å²) in [5.41, 5.74) is 2.50. The van der Waals surface area contributed by atoms with Gasteiger partial charge in [-0.1, -0.05) is 36.9 Å². The quantitative estimate of drug-likeness (QED) is 0.642. The lowest BCUT2D eigenvalue weighted by Gasteiger charge is -2.23. The standard InChI is InChI=1S/C22H24N4O2/c1-4-20(27)23-16(3)22-24-18-13-9-10-14-19(18)26(22)15-21(28)25(5-2)17-11-7-6-8-12-17/h4,6-14,16H,1,5,15H2,2-3H3,(H,23,27). The SMILES string of the molecule is C=CC(=O)NC(C)c1nc2ccccc2n1CC(=O)N(CC)c1ccccc1. The van der Waals surface area contributed by atoms with Crippen molar-refractivity contribution in [1.82, 2.24) is 14.9 Å². The second-order valence-electron chi connectivity index (χ2n) is 6.45. The smallest absolute Gasteiger partial charge is 0.246 e. The molecule has 6 nitrogen and oxygen atoms in total. The van der Waals surface area contributed by atoms with E-state index in [4.69, 9.17) is 0 Å². The maximum atomic E-state index is 13.1. The summed E-state index contributed by atoms with van der Waals surface area (Å²) in [4.78, 5) is 31.3. The second kappa shape index (κ2) is 8.52. The molecule has 0 spiro atoms. The fourth-order valence-corrected chi connectivity index (χ4v) is 3.26. The van der Waals surface area contributed by atoms with Crippen LogP contribution in [-0.2, 0) is 16.1 Å². The third-order valence-corrected chi connectivity index (χ3v) is 4.59. The topological polar surface area (TPSA) is 67.2 Å². The van der Waals surface area contributed by atoms with E-state index in [1.54, 1.807) is 4.90 Å². The molecule has 1 N–H and O–H groups in total. The van der Waals surface area contributed by atoms with Crippen LogP contribution < -0.4 is 10.2 Å². The molecule has 1 aromatic heterocycles. The zero-order valence-electron chi connectivity index (χ0n) is 16.1. The van der Waals surface area contributed by atoms with E-state index in [0.717, 1.165) is 16.7 Å². The number of nitrogens with one attached hydrogen (secondary N) is 1. The number of hydrogen-bond donors (Lipinski definition) is 1. The van der Waals surface area contributed by atoms with Crippen molar-refractivity contribution < 1.29 is 9.59 Å². The van der Waals surface area contributed by atoms with E-state index in [1.165, 1.54) is 6.08 Å². The maximum Gasteiger partial charge on any atom is 0.246 e. The van der Waals surface area contributed by atoms with Crippen molar-refractivity contribution in [1.29, 1.82) is 0 Å². The third-order valence-electron chi connectivity index (χ3n) is 4.59. The number of anilines is 1. The predicted octanol–water partition coefficient (Wildman–Crippen LogP) is 3.45. The summed E-state index contributed by atoms with van der Waals surface area (Å²) >= 11 is 0. The highest BCUT2D eigenvalue weighted by Gasteiger charge is 2.22. The molecule has 6 heteroatoms. The summed E-state index contributed by atoms with van der Waals surface area (Å²) in [7, 11) is 0. The lowest BCUT2D eigenvalue weighted by atomic mass is 10.2. The van der Waals surface area contributed by atoms with Crippen LogP contribution in [0.25, 0.3) is 11.0 Å². The Hall–Kier alpha value is -3.41. The fourth-order valence-electron chi connectivity index (χ4n) is 3.26. The molecule has 0 bridgehead atoms. The number of aromatic nitrogens is 2. The van der Waals surface area contributed by atoms with Gasteiger partial charge in [0.15, 0.2) is 0 Å². The summed E-state index contributed by atoms with van der Waals surface area (Å²) in [6.45, 7) is 7.98. The van der Waals surface area contributed by atoms with Gasteiger partial charge in [0, 0.05) is 12.2 Å². The molecule has 0 saturated heterocycles. The van der Waals surface area contributed by atoms with Gasteiger partial charge in [0.25, 0.3) is 0 Å². The van der Waals surface area contributed by atoms with E-state index >= 15 is 0 Å². The number of hydrogen-bond acceptors (Lipinski definition) is 3. The minimum absolute atomic E-state index is 0.0413. The van der Waals surface area contributed by atoms with Crippen LogP contribution in [0.15, 0.2) is 67.3 Å². The van der Waals surface area contributed by atoms with E-state index in [2.05, 4.69) is 16.9 Å². The van der Waals surface area contributed by atoms with E-state index in [9.17, 15) is 9.59 Å². The molecule has 1 atom stereocenters. The summed E-state index contributed by atoms with van der Waals surface area (Å²) < 4.78 is 1.87. The highest BCUT2D eigenvalue weighted by molar-refractivity contribution is 5.94. The van der Waals surface area contributed by atoms with E-state index in [0.29, 0.717) is 12.4 Å². The van der Waals surface area contributed by atoms with Gasteiger partial charge in [0.05, 0.1) is 17.1 Å². The van der Waals surface area contributed by atoms with Crippen molar-refractivity contribution in [3.8, 4) is 0 Å². The van der Waals surface area contributed by atoms with Crippen molar-refractivity contribution >= 4 is 28.5 Å². The molecule has 3 rings (SSSR count). The molecule has 1 heterocycles. The van der Waals surface area contributed by atoms with Crippen LogP contribution in [0.5, 0.6) is 0 Å². The first-order valence-corrected chi connectivity index (χ1v) is 9.28. The summed E-state index contributed by atoms with van der Waals surface area (Å²) in [5.74, 6) is 0.311. The van der Waals surface area contributed by atoms with Gasteiger partial charge in [-0.15, -0.1) is 0 Å². The highest BCUT2D eigenvalue weighted by Crippen LogP contribution is 2.22. The largest absolute Gasteiger partial charge is 0.343 e. The molecule has 0 radical (unpaired) electrons. The van der Waals surface area contributed by atoms with Gasteiger partial charge in [-0.2, -0.15) is 0 Å². The Morgan fingerprint density at radius 2 is 1.86 bits per heavy atom. The Balaban J connectivity index is 1.96. The van der Waals surface area contributed by atoms with Crippen LogP contribution in [0.3, 0.4) is 0 Å². The summed E-state index contributed by atoms with van der Waals surface area (Å²) in [6.07, 6.45) is 1.23. The zero-order chi connectivity index (χ0) is 20.1. The second-order valence-corrected chi connectivity index (χ2v) is 6.45. The average molecular weight is 376 g/mol. The van der Waals surface area contributed by atoms with Gasteiger partial charge in [-0.05, 0) is 44.2 Å². The molecular weight excluding hydrogens is 352 g/mol. The first-order chi connectivity index (χ1) is 13.5. The van der Waals surface area contributed by atoms with E-state index in [1.807, 2.05) is 73.0 Å².